The minimum atomic E-state index is -0.431. The summed E-state index contributed by atoms with van der Waals surface area (Å²) in [5.74, 6) is 0.632. The smallest absolute Gasteiger partial charge is 0.269 e. The topological polar surface area (TPSA) is 73.6 Å². The van der Waals surface area contributed by atoms with Crippen LogP contribution in [-0.4, -0.2) is 37.8 Å². The van der Waals surface area contributed by atoms with Crippen LogP contribution < -0.4 is 10.1 Å². The summed E-state index contributed by atoms with van der Waals surface area (Å²) in [4.78, 5) is 10.0. The molecule has 6 nitrogen and oxygen atoms in total. The lowest BCUT2D eigenvalue weighted by Crippen LogP contribution is -2.24. The van der Waals surface area contributed by atoms with Gasteiger partial charge in [0.2, 0.25) is 0 Å². The number of hydrogen-bond donors (Lipinski definition) is 1. The summed E-state index contributed by atoms with van der Waals surface area (Å²) in [6, 6.07) is 6.05. The van der Waals surface area contributed by atoms with Crippen molar-refractivity contribution in [3.05, 3.63) is 34.4 Å². The molecule has 6 heteroatoms. The predicted molar refractivity (Wildman–Crippen MR) is 68.0 cm³/mol. The zero-order valence-corrected chi connectivity index (χ0v) is 10.4. The SMILES string of the molecule is CCOCCNCCOc1ccc([N+](=O)[O-])cc1. The van der Waals surface area contributed by atoms with Gasteiger partial charge in [0.15, 0.2) is 0 Å². The first-order valence-corrected chi connectivity index (χ1v) is 5.89. The number of nitrogens with zero attached hydrogens (tertiary/aromatic N) is 1. The Morgan fingerprint density at radius 3 is 2.50 bits per heavy atom. The molecule has 0 aromatic heterocycles. The maximum atomic E-state index is 10.4. The molecule has 0 saturated carbocycles. The van der Waals surface area contributed by atoms with Crippen molar-refractivity contribution >= 4 is 5.69 Å². The molecule has 1 N–H and O–H groups in total. The number of rotatable bonds is 9. The van der Waals surface area contributed by atoms with Crippen LogP contribution in [0.1, 0.15) is 6.92 Å². The van der Waals surface area contributed by atoms with Gasteiger partial charge >= 0.3 is 0 Å². The molecule has 0 amide bonds. The largest absolute Gasteiger partial charge is 0.492 e. The second-order valence-electron chi connectivity index (χ2n) is 3.55. The average molecular weight is 254 g/mol. The van der Waals surface area contributed by atoms with E-state index in [2.05, 4.69) is 5.32 Å². The summed E-state index contributed by atoms with van der Waals surface area (Å²) in [6.07, 6.45) is 0. The highest BCUT2D eigenvalue weighted by atomic mass is 16.6. The first-order chi connectivity index (χ1) is 8.74. The van der Waals surface area contributed by atoms with Gasteiger partial charge in [-0.05, 0) is 19.1 Å². The van der Waals surface area contributed by atoms with Gasteiger partial charge in [0, 0.05) is 31.8 Å². The average Bonchev–Trinajstić information content (AvgIpc) is 2.38. The Morgan fingerprint density at radius 2 is 1.89 bits per heavy atom. The third-order valence-corrected chi connectivity index (χ3v) is 2.22. The van der Waals surface area contributed by atoms with E-state index in [1.807, 2.05) is 6.92 Å². The third kappa shape index (κ3) is 5.60. The van der Waals surface area contributed by atoms with E-state index in [4.69, 9.17) is 9.47 Å². The Bertz CT molecular complexity index is 354. The summed E-state index contributed by atoms with van der Waals surface area (Å²) >= 11 is 0. The molecule has 0 aliphatic carbocycles. The fourth-order valence-electron chi connectivity index (χ4n) is 1.32. The van der Waals surface area contributed by atoms with Gasteiger partial charge in [-0.15, -0.1) is 0 Å². The highest BCUT2D eigenvalue weighted by Gasteiger charge is 2.03. The van der Waals surface area contributed by atoms with E-state index >= 15 is 0 Å². The predicted octanol–water partition coefficient (Wildman–Crippen LogP) is 1.60. The maximum Gasteiger partial charge on any atom is 0.269 e. The molecule has 0 atom stereocenters. The standard InChI is InChI=1S/C12H18N2O4/c1-2-17-9-7-13-8-10-18-12-5-3-11(4-6-12)14(15)16/h3-6,13H,2,7-10H2,1H3. The molecule has 0 radical (unpaired) electrons. The number of non-ortho nitro benzene ring substituents is 1. The number of nitro benzene ring substituents is 1. The zero-order valence-electron chi connectivity index (χ0n) is 10.4. The molecular formula is C12H18N2O4. The molecule has 0 spiro atoms. The van der Waals surface area contributed by atoms with E-state index in [-0.39, 0.29) is 5.69 Å². The van der Waals surface area contributed by atoms with Crippen LogP contribution in [0.3, 0.4) is 0 Å². The van der Waals surface area contributed by atoms with Crippen molar-refractivity contribution in [3.8, 4) is 5.75 Å². The van der Waals surface area contributed by atoms with Gasteiger partial charge in [0.05, 0.1) is 11.5 Å². The van der Waals surface area contributed by atoms with Crippen LogP contribution in [0.25, 0.3) is 0 Å². The second-order valence-corrected chi connectivity index (χ2v) is 3.55. The fourth-order valence-corrected chi connectivity index (χ4v) is 1.32. The molecule has 1 aromatic rings. The lowest BCUT2D eigenvalue weighted by Gasteiger charge is -2.07. The molecule has 1 rings (SSSR count). The van der Waals surface area contributed by atoms with Gasteiger partial charge in [-0.3, -0.25) is 10.1 Å². The molecule has 18 heavy (non-hydrogen) atoms. The van der Waals surface area contributed by atoms with Crippen molar-refractivity contribution < 1.29 is 14.4 Å². The van der Waals surface area contributed by atoms with Gasteiger partial charge in [-0.2, -0.15) is 0 Å². The molecule has 100 valence electrons. The maximum absolute atomic E-state index is 10.4. The second kappa shape index (κ2) is 8.43. The molecule has 0 fully saturated rings. The van der Waals surface area contributed by atoms with Gasteiger partial charge < -0.3 is 14.8 Å². The van der Waals surface area contributed by atoms with Crippen molar-refractivity contribution in [2.24, 2.45) is 0 Å². The van der Waals surface area contributed by atoms with Gasteiger partial charge in [0.25, 0.3) is 5.69 Å². The molecule has 0 aliphatic heterocycles. The monoisotopic (exact) mass is 254 g/mol. The van der Waals surface area contributed by atoms with E-state index in [0.29, 0.717) is 25.5 Å². The quantitative estimate of drug-likeness (QED) is 0.411. The Hall–Kier alpha value is -1.66. The van der Waals surface area contributed by atoms with Crippen molar-refractivity contribution in [3.63, 3.8) is 0 Å². The Morgan fingerprint density at radius 1 is 1.22 bits per heavy atom. The van der Waals surface area contributed by atoms with Crippen molar-refractivity contribution in [1.29, 1.82) is 0 Å². The van der Waals surface area contributed by atoms with Crippen LogP contribution in [0, 0.1) is 10.1 Å². The summed E-state index contributed by atoms with van der Waals surface area (Å²) in [7, 11) is 0. The highest BCUT2D eigenvalue weighted by Crippen LogP contribution is 2.16. The summed E-state index contributed by atoms with van der Waals surface area (Å²) in [5, 5.41) is 13.6. The number of nitrogens with one attached hydrogen (secondary N) is 1. The molecule has 0 heterocycles. The van der Waals surface area contributed by atoms with E-state index in [0.717, 1.165) is 13.2 Å². The number of ether oxygens (including phenoxy) is 2. The lowest BCUT2D eigenvalue weighted by molar-refractivity contribution is -0.384. The Labute approximate surface area is 106 Å². The highest BCUT2D eigenvalue weighted by molar-refractivity contribution is 5.35. The van der Waals surface area contributed by atoms with Crippen LogP contribution >= 0.6 is 0 Å². The van der Waals surface area contributed by atoms with Gasteiger partial charge in [0.1, 0.15) is 12.4 Å². The number of nitro groups is 1. The van der Waals surface area contributed by atoms with Crippen LogP contribution in [0.15, 0.2) is 24.3 Å². The van der Waals surface area contributed by atoms with E-state index in [1.165, 1.54) is 12.1 Å². The Kier molecular flexibility index (Phi) is 6.75. The van der Waals surface area contributed by atoms with Crippen LogP contribution in [0.4, 0.5) is 5.69 Å². The van der Waals surface area contributed by atoms with Gasteiger partial charge in [-0.1, -0.05) is 0 Å². The minimum absolute atomic E-state index is 0.0668. The third-order valence-electron chi connectivity index (χ3n) is 2.22. The van der Waals surface area contributed by atoms with E-state index in [1.54, 1.807) is 12.1 Å². The minimum Gasteiger partial charge on any atom is -0.492 e. The molecular weight excluding hydrogens is 236 g/mol. The van der Waals surface area contributed by atoms with Crippen molar-refractivity contribution in [2.45, 2.75) is 6.92 Å². The van der Waals surface area contributed by atoms with Crippen LogP contribution in [0.2, 0.25) is 0 Å². The summed E-state index contributed by atoms with van der Waals surface area (Å²) in [6.45, 7) is 5.39. The van der Waals surface area contributed by atoms with Crippen molar-refractivity contribution in [1.82, 2.24) is 5.32 Å². The first-order valence-electron chi connectivity index (χ1n) is 5.89. The Balaban J connectivity index is 2.14. The molecule has 0 saturated heterocycles. The number of hydrogen-bond acceptors (Lipinski definition) is 5. The summed E-state index contributed by atoms with van der Waals surface area (Å²) in [5.41, 5.74) is 0.0668. The first kappa shape index (κ1) is 14.4. The van der Waals surface area contributed by atoms with E-state index < -0.39 is 4.92 Å². The fraction of sp³-hybridized carbons (Fsp3) is 0.500. The van der Waals surface area contributed by atoms with Gasteiger partial charge in [-0.25, -0.2) is 0 Å². The molecule has 0 bridgehead atoms. The van der Waals surface area contributed by atoms with E-state index in [9.17, 15) is 10.1 Å². The molecule has 0 unspecified atom stereocenters. The zero-order chi connectivity index (χ0) is 13.2. The van der Waals surface area contributed by atoms with Crippen LogP contribution in [0.5, 0.6) is 5.75 Å². The normalized spacial score (nSPS) is 10.3. The van der Waals surface area contributed by atoms with Crippen LogP contribution in [-0.2, 0) is 4.74 Å². The van der Waals surface area contributed by atoms with Crippen molar-refractivity contribution in [2.75, 3.05) is 32.9 Å². The lowest BCUT2D eigenvalue weighted by atomic mass is 10.3. The molecule has 1 aromatic carbocycles. The molecule has 0 aliphatic rings. The number of benzene rings is 1. The summed E-state index contributed by atoms with van der Waals surface area (Å²) < 4.78 is 10.6.